The number of carbonyl (C=O) groups excluding carboxylic acids is 2. The molecule has 5 heteroatoms. The zero-order chi connectivity index (χ0) is 18.4. The van der Waals surface area contributed by atoms with Gasteiger partial charge in [0.2, 0.25) is 5.91 Å². The van der Waals surface area contributed by atoms with Crippen molar-refractivity contribution in [2.75, 3.05) is 0 Å². The number of benzene rings is 2. The number of hydrogen-bond donors (Lipinski definition) is 3. The van der Waals surface area contributed by atoms with Crippen LogP contribution in [0.4, 0.5) is 4.79 Å². The molecule has 1 fully saturated rings. The first-order valence-electron chi connectivity index (χ1n) is 9.08. The van der Waals surface area contributed by atoms with Gasteiger partial charge in [-0.15, -0.1) is 0 Å². The van der Waals surface area contributed by atoms with E-state index in [9.17, 15) is 9.59 Å². The van der Waals surface area contributed by atoms with Crippen molar-refractivity contribution < 1.29 is 9.59 Å². The van der Waals surface area contributed by atoms with Gasteiger partial charge in [0.15, 0.2) is 0 Å². The van der Waals surface area contributed by atoms with Gasteiger partial charge in [-0.2, -0.15) is 0 Å². The fraction of sp³-hybridized carbons (Fsp3) is 0.333. The van der Waals surface area contributed by atoms with Gasteiger partial charge in [0, 0.05) is 12.1 Å². The Kier molecular flexibility index (Phi) is 6.02. The summed E-state index contributed by atoms with van der Waals surface area (Å²) in [7, 11) is 0. The number of rotatable bonds is 7. The molecule has 0 radical (unpaired) electrons. The Morgan fingerprint density at radius 2 is 1.62 bits per heavy atom. The van der Waals surface area contributed by atoms with Gasteiger partial charge in [0.05, 0.1) is 6.04 Å². The van der Waals surface area contributed by atoms with Gasteiger partial charge >= 0.3 is 6.03 Å². The fourth-order valence-electron chi connectivity index (χ4n) is 2.85. The number of imide groups is 1. The first kappa shape index (κ1) is 18.1. The lowest BCUT2D eigenvalue weighted by Crippen LogP contribution is -2.49. The van der Waals surface area contributed by atoms with E-state index in [1.807, 2.05) is 48.5 Å². The molecule has 0 aliphatic heterocycles. The Morgan fingerprint density at radius 3 is 2.23 bits per heavy atom. The van der Waals surface area contributed by atoms with E-state index in [0.29, 0.717) is 0 Å². The highest BCUT2D eigenvalue weighted by atomic mass is 16.2. The average molecular weight is 351 g/mol. The highest BCUT2D eigenvalue weighted by Crippen LogP contribution is 2.19. The van der Waals surface area contributed by atoms with Gasteiger partial charge in [0.1, 0.15) is 0 Å². The van der Waals surface area contributed by atoms with Crippen LogP contribution in [0.5, 0.6) is 0 Å². The van der Waals surface area contributed by atoms with Crippen LogP contribution >= 0.6 is 0 Å². The molecule has 1 aliphatic carbocycles. The third-order valence-electron chi connectivity index (χ3n) is 4.48. The average Bonchev–Trinajstić information content (AvgIpc) is 3.46. The molecule has 3 rings (SSSR count). The highest BCUT2D eigenvalue weighted by Gasteiger charge is 2.25. The van der Waals surface area contributed by atoms with E-state index in [-0.39, 0.29) is 18.0 Å². The van der Waals surface area contributed by atoms with E-state index in [1.54, 1.807) is 6.92 Å². The lowest BCUT2D eigenvalue weighted by molar-refractivity contribution is -0.121. The van der Waals surface area contributed by atoms with Gasteiger partial charge in [0.25, 0.3) is 0 Å². The van der Waals surface area contributed by atoms with Crippen LogP contribution in [0.15, 0.2) is 60.7 Å². The molecule has 0 spiro atoms. The van der Waals surface area contributed by atoms with E-state index >= 15 is 0 Å². The van der Waals surface area contributed by atoms with Crippen molar-refractivity contribution in [3.8, 4) is 0 Å². The van der Waals surface area contributed by atoms with Gasteiger partial charge in [-0.1, -0.05) is 60.7 Å². The molecule has 3 N–H and O–H groups in total. The predicted molar refractivity (Wildman–Crippen MR) is 102 cm³/mol. The summed E-state index contributed by atoms with van der Waals surface area (Å²) in [6, 6.07) is 19.5. The Bertz CT molecular complexity index is 729. The number of nitrogens with one attached hydrogen (secondary N) is 3. The first-order chi connectivity index (χ1) is 12.6. The summed E-state index contributed by atoms with van der Waals surface area (Å²) in [5.41, 5.74) is 2.30. The summed E-state index contributed by atoms with van der Waals surface area (Å²) in [5, 5.41) is 8.55. The van der Waals surface area contributed by atoms with Crippen molar-refractivity contribution in [3.63, 3.8) is 0 Å². The maximum absolute atomic E-state index is 12.3. The third-order valence-corrected chi connectivity index (χ3v) is 4.48. The van der Waals surface area contributed by atoms with E-state index in [4.69, 9.17) is 0 Å². The molecule has 26 heavy (non-hydrogen) atoms. The van der Waals surface area contributed by atoms with Gasteiger partial charge < -0.3 is 5.32 Å². The molecular formula is C21H25N3O2. The van der Waals surface area contributed by atoms with Crippen LogP contribution in [-0.2, 0) is 11.2 Å². The molecular weight excluding hydrogens is 326 g/mol. The van der Waals surface area contributed by atoms with Gasteiger partial charge in [-0.3, -0.25) is 15.4 Å². The molecule has 2 aromatic rings. The van der Waals surface area contributed by atoms with Crippen LogP contribution in [0.1, 0.15) is 36.9 Å². The van der Waals surface area contributed by atoms with Crippen molar-refractivity contribution in [1.82, 2.24) is 16.0 Å². The predicted octanol–water partition coefficient (Wildman–Crippen LogP) is 2.94. The molecule has 0 bridgehead atoms. The van der Waals surface area contributed by atoms with Crippen LogP contribution in [0.25, 0.3) is 0 Å². The molecule has 0 heterocycles. The number of urea groups is 1. The van der Waals surface area contributed by atoms with Crippen LogP contribution in [0, 0.1) is 0 Å². The van der Waals surface area contributed by atoms with E-state index in [0.717, 1.165) is 24.8 Å². The van der Waals surface area contributed by atoms with Gasteiger partial charge in [-0.25, -0.2) is 4.79 Å². The Morgan fingerprint density at radius 1 is 1.00 bits per heavy atom. The third kappa shape index (κ3) is 5.43. The minimum Gasteiger partial charge on any atom is -0.335 e. The zero-order valence-electron chi connectivity index (χ0n) is 14.9. The largest absolute Gasteiger partial charge is 0.335 e. The molecule has 5 nitrogen and oxygen atoms in total. The van der Waals surface area contributed by atoms with E-state index < -0.39 is 12.1 Å². The van der Waals surface area contributed by atoms with Crippen LogP contribution < -0.4 is 16.0 Å². The van der Waals surface area contributed by atoms with E-state index in [1.165, 1.54) is 5.56 Å². The summed E-state index contributed by atoms with van der Waals surface area (Å²) in [6.07, 6.45) is 2.74. The summed E-state index contributed by atoms with van der Waals surface area (Å²) >= 11 is 0. The topological polar surface area (TPSA) is 70.2 Å². The molecule has 0 unspecified atom stereocenters. The quantitative estimate of drug-likeness (QED) is 0.718. The summed E-state index contributed by atoms with van der Waals surface area (Å²) in [5.74, 6) is -0.322. The maximum Gasteiger partial charge on any atom is 0.321 e. The van der Waals surface area contributed by atoms with Crippen molar-refractivity contribution in [2.45, 2.75) is 44.3 Å². The first-order valence-corrected chi connectivity index (χ1v) is 9.08. The van der Waals surface area contributed by atoms with Crippen LogP contribution in [0.3, 0.4) is 0 Å². The maximum atomic E-state index is 12.3. The minimum atomic E-state index is -0.492. The van der Waals surface area contributed by atoms with Crippen molar-refractivity contribution in [1.29, 1.82) is 0 Å². The zero-order valence-corrected chi connectivity index (χ0v) is 14.9. The Labute approximate surface area is 154 Å². The number of hydrogen-bond acceptors (Lipinski definition) is 3. The second kappa shape index (κ2) is 8.63. The van der Waals surface area contributed by atoms with E-state index in [2.05, 4.69) is 28.1 Å². The molecule has 3 amide bonds. The highest BCUT2D eigenvalue weighted by molar-refractivity contribution is 5.97. The Hall–Kier alpha value is -2.66. The molecule has 0 aromatic heterocycles. The Balaban J connectivity index is 1.64. The monoisotopic (exact) mass is 351 g/mol. The molecule has 136 valence electrons. The molecule has 1 saturated carbocycles. The van der Waals surface area contributed by atoms with Crippen LogP contribution in [0.2, 0.25) is 0 Å². The van der Waals surface area contributed by atoms with Crippen molar-refractivity contribution in [3.05, 3.63) is 71.8 Å². The second-order valence-corrected chi connectivity index (χ2v) is 6.78. The standard InChI is InChI=1S/C21H25N3O2/c1-15(20(25)24-21(26)23-18-12-13-18)22-19(17-10-6-3-7-11-17)14-16-8-4-2-5-9-16/h2-11,15,18-19,22H,12-14H2,1H3,(H2,23,24,25,26)/t15-,19-/m1/s1. The molecule has 1 aliphatic rings. The second-order valence-electron chi connectivity index (χ2n) is 6.78. The lowest BCUT2D eigenvalue weighted by atomic mass is 9.98. The SMILES string of the molecule is C[C@@H](N[C@H](Cc1ccccc1)c1ccccc1)C(=O)NC(=O)NC1CC1. The van der Waals surface area contributed by atoms with Crippen LogP contribution in [-0.4, -0.2) is 24.0 Å². The summed E-state index contributed by atoms with van der Waals surface area (Å²) in [4.78, 5) is 24.1. The van der Waals surface area contributed by atoms with Crippen molar-refractivity contribution in [2.24, 2.45) is 0 Å². The normalized spacial score (nSPS) is 15.7. The number of amides is 3. The smallest absolute Gasteiger partial charge is 0.321 e. The number of carbonyl (C=O) groups is 2. The summed E-state index contributed by atoms with van der Waals surface area (Å²) < 4.78 is 0. The minimum absolute atomic E-state index is 0.0224. The fourth-order valence-corrected chi connectivity index (χ4v) is 2.85. The summed E-state index contributed by atoms with van der Waals surface area (Å²) in [6.45, 7) is 1.78. The van der Waals surface area contributed by atoms with Crippen molar-refractivity contribution >= 4 is 11.9 Å². The van der Waals surface area contributed by atoms with Gasteiger partial charge in [-0.05, 0) is 37.3 Å². The molecule has 0 saturated heterocycles. The molecule has 2 aromatic carbocycles. The molecule has 2 atom stereocenters. The lowest BCUT2D eigenvalue weighted by Gasteiger charge is -2.23.